The number of hydrogen-bond donors (Lipinski definition) is 1. The Hall–Kier alpha value is -1.66. The van der Waals surface area contributed by atoms with E-state index in [1.54, 1.807) is 53.8 Å². The maximum Gasteiger partial charge on any atom is 0.271 e. The maximum absolute atomic E-state index is 11.9. The molecule has 0 aromatic carbocycles. The predicted octanol–water partition coefficient (Wildman–Crippen LogP) is 3.58. The van der Waals surface area contributed by atoms with Crippen molar-refractivity contribution in [1.29, 1.82) is 0 Å². The van der Waals surface area contributed by atoms with Gasteiger partial charge in [-0.2, -0.15) is 5.10 Å². The summed E-state index contributed by atoms with van der Waals surface area (Å²) in [4.78, 5) is 17.1. The van der Waals surface area contributed by atoms with E-state index in [9.17, 15) is 4.79 Å². The first-order valence-electron chi connectivity index (χ1n) is 6.73. The molecule has 0 aliphatic heterocycles. The lowest BCUT2D eigenvalue weighted by molar-refractivity contribution is 0.0955. The van der Waals surface area contributed by atoms with E-state index < -0.39 is 0 Å². The van der Waals surface area contributed by atoms with Crippen LogP contribution in [0.15, 0.2) is 39.9 Å². The van der Waals surface area contributed by atoms with Gasteiger partial charge in [0.05, 0.1) is 10.4 Å². The van der Waals surface area contributed by atoms with Crippen molar-refractivity contribution in [1.82, 2.24) is 10.4 Å². The number of hydrazone groups is 1. The molecule has 1 amide bonds. The fourth-order valence-electron chi connectivity index (χ4n) is 1.68. The SMILES string of the molecule is CCSc1sc(CC)cc1C=NNC(=O)c1ccncc1. The molecule has 0 unspecified atom stereocenters. The Bertz CT molecular complexity index is 623. The van der Waals surface area contributed by atoms with Crippen LogP contribution in [0.1, 0.15) is 34.6 Å². The van der Waals surface area contributed by atoms with Crippen molar-refractivity contribution in [2.24, 2.45) is 5.10 Å². The predicted molar refractivity (Wildman–Crippen MR) is 89.4 cm³/mol. The van der Waals surface area contributed by atoms with E-state index in [1.165, 1.54) is 9.09 Å². The van der Waals surface area contributed by atoms with Crippen LogP contribution in [0.3, 0.4) is 0 Å². The molecule has 0 saturated carbocycles. The number of pyridine rings is 1. The minimum Gasteiger partial charge on any atom is -0.267 e. The van der Waals surface area contributed by atoms with Crippen molar-refractivity contribution in [2.75, 3.05) is 5.75 Å². The quantitative estimate of drug-likeness (QED) is 0.503. The molecule has 0 aliphatic rings. The van der Waals surface area contributed by atoms with E-state index >= 15 is 0 Å². The van der Waals surface area contributed by atoms with Crippen LogP contribution in [0.4, 0.5) is 0 Å². The Morgan fingerprint density at radius 1 is 1.43 bits per heavy atom. The number of rotatable bonds is 6. The molecule has 0 aliphatic carbocycles. The summed E-state index contributed by atoms with van der Waals surface area (Å²) in [7, 11) is 0. The molecule has 2 rings (SSSR count). The number of carbonyl (C=O) groups is 1. The zero-order valence-corrected chi connectivity index (χ0v) is 13.6. The number of amides is 1. The highest BCUT2D eigenvalue weighted by atomic mass is 32.2. The molecule has 2 aromatic heterocycles. The van der Waals surface area contributed by atoms with Crippen molar-refractivity contribution in [3.8, 4) is 0 Å². The van der Waals surface area contributed by atoms with E-state index in [0.717, 1.165) is 17.7 Å². The highest BCUT2D eigenvalue weighted by Crippen LogP contribution is 2.31. The number of hydrogen-bond acceptors (Lipinski definition) is 5. The number of carbonyl (C=O) groups excluding carboxylic acids is 1. The molecule has 6 heteroatoms. The average molecular weight is 319 g/mol. The second-order valence-electron chi connectivity index (χ2n) is 4.18. The van der Waals surface area contributed by atoms with Crippen molar-refractivity contribution >= 4 is 35.2 Å². The second-order valence-corrected chi connectivity index (χ2v) is 6.85. The molecule has 110 valence electrons. The number of aromatic nitrogens is 1. The van der Waals surface area contributed by atoms with Gasteiger partial charge in [-0.1, -0.05) is 13.8 Å². The molecule has 0 atom stereocenters. The summed E-state index contributed by atoms with van der Waals surface area (Å²) in [5.74, 6) is 0.790. The largest absolute Gasteiger partial charge is 0.271 e. The summed E-state index contributed by atoms with van der Waals surface area (Å²) in [5.41, 5.74) is 4.16. The molecule has 0 bridgehead atoms. The van der Waals surface area contributed by atoms with Gasteiger partial charge in [0, 0.05) is 28.4 Å². The molecule has 0 fully saturated rings. The second kappa shape index (κ2) is 7.95. The van der Waals surface area contributed by atoms with Gasteiger partial charge in [-0.05, 0) is 30.4 Å². The van der Waals surface area contributed by atoms with E-state index in [2.05, 4.69) is 35.4 Å². The summed E-state index contributed by atoms with van der Waals surface area (Å²) < 4.78 is 1.25. The molecular weight excluding hydrogens is 302 g/mol. The summed E-state index contributed by atoms with van der Waals surface area (Å²) in [6.45, 7) is 4.26. The third-order valence-corrected chi connectivity index (χ3v) is 5.19. The molecule has 21 heavy (non-hydrogen) atoms. The first-order chi connectivity index (χ1) is 10.2. The van der Waals surface area contributed by atoms with Gasteiger partial charge >= 0.3 is 0 Å². The number of nitrogens with one attached hydrogen (secondary N) is 1. The fraction of sp³-hybridized carbons (Fsp3) is 0.267. The molecule has 4 nitrogen and oxygen atoms in total. The first kappa shape index (κ1) is 15.7. The van der Waals surface area contributed by atoms with Crippen LogP contribution >= 0.6 is 23.1 Å². The van der Waals surface area contributed by atoms with Crippen molar-refractivity contribution in [3.05, 3.63) is 46.6 Å². The molecule has 0 saturated heterocycles. The van der Waals surface area contributed by atoms with Crippen LogP contribution in [-0.2, 0) is 6.42 Å². The number of nitrogens with zero attached hydrogens (tertiary/aromatic N) is 2. The van der Waals surface area contributed by atoms with Gasteiger partial charge in [0.25, 0.3) is 5.91 Å². The Labute approximate surface area is 132 Å². The molecule has 2 aromatic rings. The van der Waals surface area contributed by atoms with Gasteiger partial charge in [-0.3, -0.25) is 9.78 Å². The van der Waals surface area contributed by atoms with Crippen LogP contribution in [0.5, 0.6) is 0 Å². The topological polar surface area (TPSA) is 54.4 Å². The lowest BCUT2D eigenvalue weighted by Crippen LogP contribution is -2.17. The van der Waals surface area contributed by atoms with Crippen LogP contribution in [-0.4, -0.2) is 22.9 Å². The van der Waals surface area contributed by atoms with Gasteiger partial charge < -0.3 is 0 Å². The third kappa shape index (κ3) is 4.41. The zero-order chi connectivity index (χ0) is 15.1. The Morgan fingerprint density at radius 3 is 2.86 bits per heavy atom. The van der Waals surface area contributed by atoms with Gasteiger partial charge in [0.15, 0.2) is 0 Å². The summed E-state index contributed by atoms with van der Waals surface area (Å²) in [6.07, 6.45) is 5.90. The van der Waals surface area contributed by atoms with Crippen LogP contribution in [0.2, 0.25) is 0 Å². The highest BCUT2D eigenvalue weighted by molar-refractivity contribution is 8.01. The Morgan fingerprint density at radius 2 is 2.19 bits per heavy atom. The van der Waals surface area contributed by atoms with Crippen LogP contribution in [0.25, 0.3) is 0 Å². The summed E-state index contributed by atoms with van der Waals surface area (Å²) in [6, 6.07) is 5.44. The molecule has 0 radical (unpaired) electrons. The zero-order valence-electron chi connectivity index (χ0n) is 12.0. The molecule has 2 heterocycles. The van der Waals surface area contributed by atoms with Crippen LogP contribution in [0, 0.1) is 0 Å². The standard InChI is InChI=1S/C15H17N3OS2/c1-3-13-9-12(15(21-13)20-4-2)10-17-18-14(19)11-5-7-16-8-6-11/h5-10H,3-4H2,1-2H3,(H,18,19). The van der Waals surface area contributed by atoms with Crippen molar-refractivity contribution < 1.29 is 4.79 Å². The first-order valence-corrected chi connectivity index (χ1v) is 8.53. The minimum atomic E-state index is -0.232. The molecular formula is C15H17N3OS2. The minimum absolute atomic E-state index is 0.232. The summed E-state index contributed by atoms with van der Waals surface area (Å²) >= 11 is 3.59. The van der Waals surface area contributed by atoms with Gasteiger partial charge in [-0.15, -0.1) is 23.1 Å². The smallest absolute Gasteiger partial charge is 0.267 e. The van der Waals surface area contributed by atoms with Crippen LogP contribution < -0.4 is 5.43 Å². The molecule has 0 spiro atoms. The normalized spacial score (nSPS) is 11.0. The van der Waals surface area contributed by atoms with Crippen molar-refractivity contribution in [3.63, 3.8) is 0 Å². The molecule has 1 N–H and O–H groups in total. The Kier molecular flexibility index (Phi) is 5.95. The monoisotopic (exact) mass is 319 g/mol. The van der Waals surface area contributed by atoms with Gasteiger partial charge in [0.1, 0.15) is 0 Å². The maximum atomic E-state index is 11.9. The van der Waals surface area contributed by atoms with Crippen molar-refractivity contribution in [2.45, 2.75) is 24.5 Å². The van der Waals surface area contributed by atoms with Gasteiger partial charge in [-0.25, -0.2) is 5.43 Å². The van der Waals surface area contributed by atoms with E-state index in [1.807, 2.05) is 0 Å². The van der Waals surface area contributed by atoms with E-state index in [-0.39, 0.29) is 5.91 Å². The van der Waals surface area contributed by atoms with E-state index in [0.29, 0.717) is 5.56 Å². The summed E-state index contributed by atoms with van der Waals surface area (Å²) in [5, 5.41) is 4.06. The Balaban J connectivity index is 2.04. The van der Waals surface area contributed by atoms with Gasteiger partial charge in [0.2, 0.25) is 0 Å². The average Bonchev–Trinajstić information content (AvgIpc) is 2.91. The number of thioether (sulfide) groups is 1. The number of thiophene rings is 1. The van der Waals surface area contributed by atoms with E-state index in [4.69, 9.17) is 0 Å². The lowest BCUT2D eigenvalue weighted by atomic mass is 10.3. The number of aryl methyl sites for hydroxylation is 1. The highest BCUT2D eigenvalue weighted by Gasteiger charge is 2.07. The lowest BCUT2D eigenvalue weighted by Gasteiger charge is -1.99. The third-order valence-electron chi connectivity index (χ3n) is 2.71. The fourth-order valence-corrected chi connectivity index (χ4v) is 3.92.